The molecule has 0 saturated carbocycles. The van der Waals surface area contributed by atoms with Crippen LogP contribution in [0.4, 0.5) is 0 Å². The molecule has 26 nitrogen and oxygen atoms in total. The van der Waals surface area contributed by atoms with Crippen LogP contribution in [0.2, 0.25) is 0 Å². The van der Waals surface area contributed by atoms with Crippen LogP contribution in [0.15, 0.2) is 0 Å². The first-order valence-electron chi connectivity index (χ1n) is 20.2. The molecule has 13 N–H and O–H groups in total. The number of aliphatic hydroxyl groups is 1. The SMILES string of the molecule is C[C@H](N)C(=O)N[C@@H](C)C(=O)N1CCC[C@H]1C(=O)N[C@@H](CCC(=O)O)C(=O)N1CCC[C@H]1C(=O)N[C@@H](CCC(=O)O)C(=O)N[C@H](C(=O)NCC(=O)N[C@@H](CCC(=O)O)C(=O)O)[C@@H](C)O. The Hall–Kier alpha value is -6.44. The zero-order valence-electron chi connectivity index (χ0n) is 35.0. The molecular weight excluding hydrogens is 842 g/mol. The van der Waals surface area contributed by atoms with Gasteiger partial charge < -0.3 is 73.0 Å². The number of carbonyl (C=O) groups is 12. The summed E-state index contributed by atoms with van der Waals surface area (Å²) in [6.07, 6.45) is -4.18. The van der Waals surface area contributed by atoms with Crippen LogP contribution < -0.4 is 37.6 Å². The highest BCUT2D eigenvalue weighted by Gasteiger charge is 2.42. The summed E-state index contributed by atoms with van der Waals surface area (Å²) in [6.45, 7) is 3.11. The minimum atomic E-state index is -1.82. The molecule has 63 heavy (non-hydrogen) atoms. The van der Waals surface area contributed by atoms with Gasteiger partial charge >= 0.3 is 23.9 Å². The number of nitrogens with one attached hydrogen (secondary N) is 6. The zero-order chi connectivity index (χ0) is 47.7. The molecule has 2 saturated heterocycles. The molecule has 2 rings (SSSR count). The van der Waals surface area contributed by atoms with Crippen molar-refractivity contribution in [3.8, 4) is 0 Å². The van der Waals surface area contributed by atoms with Crippen molar-refractivity contribution < 1.29 is 83.1 Å². The van der Waals surface area contributed by atoms with Gasteiger partial charge in [-0.05, 0) is 65.7 Å². The molecule has 2 heterocycles. The summed E-state index contributed by atoms with van der Waals surface area (Å²) in [6, 6.07) is -11.0. The first-order valence-corrected chi connectivity index (χ1v) is 20.2. The number of hydrogen-bond donors (Lipinski definition) is 12. The van der Waals surface area contributed by atoms with Crippen LogP contribution in [-0.4, -0.2) is 181 Å². The van der Waals surface area contributed by atoms with Crippen LogP contribution in [0.1, 0.15) is 85.0 Å². The Kier molecular flexibility index (Phi) is 20.8. The molecule has 0 unspecified atom stereocenters. The smallest absolute Gasteiger partial charge is 0.326 e. The van der Waals surface area contributed by atoms with Crippen molar-refractivity contribution in [2.75, 3.05) is 19.6 Å². The number of hydrogen-bond acceptors (Lipinski definition) is 14. The summed E-state index contributed by atoms with van der Waals surface area (Å²) in [5.74, 6) is -12.8. The largest absolute Gasteiger partial charge is 0.481 e. The van der Waals surface area contributed by atoms with Crippen LogP contribution in [-0.2, 0) is 57.5 Å². The van der Waals surface area contributed by atoms with Gasteiger partial charge in [-0.15, -0.1) is 0 Å². The van der Waals surface area contributed by atoms with Gasteiger partial charge in [-0.3, -0.25) is 52.7 Å². The summed E-state index contributed by atoms with van der Waals surface area (Å²) in [5.41, 5.74) is 5.57. The summed E-state index contributed by atoms with van der Waals surface area (Å²) in [5, 5.41) is 60.8. The number of carbonyl (C=O) groups excluding carboxylic acids is 8. The molecule has 2 fully saturated rings. The van der Waals surface area contributed by atoms with Crippen molar-refractivity contribution >= 4 is 71.1 Å². The average molecular weight is 900 g/mol. The van der Waals surface area contributed by atoms with Gasteiger partial charge in [-0.2, -0.15) is 0 Å². The molecule has 8 amide bonds. The van der Waals surface area contributed by atoms with Crippen LogP contribution in [0.5, 0.6) is 0 Å². The Labute approximate surface area is 360 Å². The van der Waals surface area contributed by atoms with Crippen molar-refractivity contribution in [2.24, 2.45) is 5.73 Å². The van der Waals surface area contributed by atoms with Crippen LogP contribution >= 0.6 is 0 Å². The second-order valence-corrected chi connectivity index (χ2v) is 15.2. The van der Waals surface area contributed by atoms with Crippen molar-refractivity contribution in [2.45, 2.75) is 139 Å². The fourth-order valence-electron chi connectivity index (χ4n) is 6.77. The van der Waals surface area contributed by atoms with Crippen LogP contribution in [0, 0.1) is 0 Å². The second kappa shape index (κ2) is 24.9. The lowest BCUT2D eigenvalue weighted by Crippen LogP contribution is -2.60. The first-order chi connectivity index (χ1) is 29.4. The highest BCUT2D eigenvalue weighted by Crippen LogP contribution is 2.22. The predicted molar refractivity (Wildman–Crippen MR) is 211 cm³/mol. The fraction of sp³-hybridized carbons (Fsp3) is 0.676. The molecule has 352 valence electrons. The molecule has 0 aromatic rings. The van der Waals surface area contributed by atoms with E-state index in [1.165, 1.54) is 18.7 Å². The van der Waals surface area contributed by atoms with Gasteiger partial charge in [-0.1, -0.05) is 0 Å². The highest BCUT2D eigenvalue weighted by atomic mass is 16.4. The van der Waals surface area contributed by atoms with Gasteiger partial charge in [0, 0.05) is 32.4 Å². The van der Waals surface area contributed by atoms with Gasteiger partial charge in [-0.25, -0.2) is 4.79 Å². The number of nitrogens with two attached hydrogens (primary N) is 1. The second-order valence-electron chi connectivity index (χ2n) is 15.2. The predicted octanol–water partition coefficient (Wildman–Crippen LogP) is -5.06. The number of aliphatic hydroxyl groups excluding tert-OH is 1. The van der Waals surface area contributed by atoms with E-state index in [1.807, 2.05) is 5.32 Å². The number of likely N-dealkylation sites (tertiary alicyclic amines) is 2. The number of carboxylic acid groups (broad SMARTS) is 4. The van der Waals surface area contributed by atoms with Crippen molar-refractivity contribution in [3.05, 3.63) is 0 Å². The van der Waals surface area contributed by atoms with Crippen molar-refractivity contribution in [1.82, 2.24) is 41.7 Å². The molecule has 26 heteroatoms. The maximum Gasteiger partial charge on any atom is 0.326 e. The molecular formula is C37H57N9O17. The summed E-state index contributed by atoms with van der Waals surface area (Å²) in [7, 11) is 0. The minimum Gasteiger partial charge on any atom is -0.481 e. The van der Waals surface area contributed by atoms with Gasteiger partial charge in [0.15, 0.2) is 0 Å². The molecule has 0 spiro atoms. The Bertz CT molecular complexity index is 1760. The lowest BCUT2D eigenvalue weighted by Gasteiger charge is -2.32. The number of rotatable bonds is 25. The monoisotopic (exact) mass is 899 g/mol. The number of nitrogens with zero attached hydrogens (tertiary/aromatic N) is 2. The first kappa shape index (κ1) is 52.7. The molecule has 0 radical (unpaired) electrons. The number of amides is 8. The highest BCUT2D eigenvalue weighted by molar-refractivity contribution is 5.98. The van der Waals surface area contributed by atoms with Crippen LogP contribution in [0.3, 0.4) is 0 Å². The van der Waals surface area contributed by atoms with E-state index in [9.17, 15) is 78.0 Å². The van der Waals surface area contributed by atoms with E-state index in [0.717, 1.165) is 11.8 Å². The van der Waals surface area contributed by atoms with Gasteiger partial charge in [0.1, 0.15) is 42.3 Å². The van der Waals surface area contributed by atoms with Crippen molar-refractivity contribution in [3.63, 3.8) is 0 Å². The molecule has 2 aliphatic rings. The molecule has 0 aromatic carbocycles. The lowest BCUT2D eigenvalue weighted by molar-refractivity contribution is -0.145. The summed E-state index contributed by atoms with van der Waals surface area (Å²) < 4.78 is 0. The molecule has 0 bridgehead atoms. The Morgan fingerprint density at radius 3 is 1.51 bits per heavy atom. The summed E-state index contributed by atoms with van der Waals surface area (Å²) >= 11 is 0. The Morgan fingerprint density at radius 2 is 1.05 bits per heavy atom. The van der Waals surface area contributed by atoms with E-state index < -0.39 is 171 Å². The van der Waals surface area contributed by atoms with Gasteiger partial charge in [0.25, 0.3) is 0 Å². The third-order valence-electron chi connectivity index (χ3n) is 10.1. The van der Waals surface area contributed by atoms with E-state index in [0.29, 0.717) is 6.42 Å². The Morgan fingerprint density at radius 1 is 0.587 bits per heavy atom. The standard InChI is InChI=1S/C37H57N9O17/c1-17(38)30(55)40-18(2)35(60)45-14-4-6-23(45)33(58)43-21(9-12-27(51)52)36(61)46-15-5-7-24(46)32(57)42-20(8-11-26(49)50)31(56)44-29(19(3)47)34(59)39-16-25(48)41-22(37(62)63)10-13-28(53)54/h17-24,29,47H,4-16,38H2,1-3H3,(H,39,59)(H,40,55)(H,41,48)(H,42,57)(H,43,58)(H,44,56)(H,49,50)(H,51,52)(H,53,54)(H,62,63)/t17-,18-,19+,20-,21-,22-,23-,24-,29-/m0/s1. The molecule has 0 aliphatic carbocycles. The van der Waals surface area contributed by atoms with Crippen molar-refractivity contribution in [1.29, 1.82) is 0 Å². The molecule has 9 atom stereocenters. The normalized spacial score (nSPS) is 19.1. The lowest BCUT2D eigenvalue weighted by atomic mass is 10.1. The fourth-order valence-corrected chi connectivity index (χ4v) is 6.77. The van der Waals surface area contributed by atoms with E-state index in [4.69, 9.17) is 10.8 Å². The maximum atomic E-state index is 14.0. The maximum absolute atomic E-state index is 14.0. The van der Waals surface area contributed by atoms with E-state index in [-0.39, 0.29) is 32.4 Å². The van der Waals surface area contributed by atoms with E-state index in [2.05, 4.69) is 26.6 Å². The molecule has 2 aliphatic heterocycles. The average Bonchev–Trinajstić information content (AvgIpc) is 3.90. The van der Waals surface area contributed by atoms with Crippen LogP contribution in [0.25, 0.3) is 0 Å². The zero-order valence-corrected chi connectivity index (χ0v) is 35.0. The van der Waals surface area contributed by atoms with E-state index in [1.54, 1.807) is 0 Å². The third kappa shape index (κ3) is 16.7. The topological polar surface area (TPSA) is 411 Å². The van der Waals surface area contributed by atoms with Gasteiger partial charge in [0.2, 0.25) is 47.3 Å². The molecule has 0 aromatic heterocycles. The third-order valence-corrected chi connectivity index (χ3v) is 10.1. The van der Waals surface area contributed by atoms with E-state index >= 15 is 0 Å². The number of carboxylic acids is 4. The minimum absolute atomic E-state index is 0.0141. The Balaban J connectivity index is 2.22. The van der Waals surface area contributed by atoms with Gasteiger partial charge in [0.05, 0.1) is 18.7 Å². The number of aliphatic carboxylic acids is 4. The quantitative estimate of drug-likeness (QED) is 0.0408. The summed E-state index contributed by atoms with van der Waals surface area (Å²) in [4.78, 5) is 153.